The molecule has 0 aliphatic heterocycles. The van der Waals surface area contributed by atoms with Crippen molar-refractivity contribution in [2.75, 3.05) is 6.54 Å². The van der Waals surface area contributed by atoms with Crippen molar-refractivity contribution in [3.8, 4) is 0 Å². The summed E-state index contributed by atoms with van der Waals surface area (Å²) in [6.45, 7) is 13.4. The highest BCUT2D eigenvalue weighted by atomic mass is 16.1. The molecule has 2 heteroatoms. The zero-order valence-electron chi connectivity index (χ0n) is 10.5. The van der Waals surface area contributed by atoms with Gasteiger partial charge < -0.3 is 5.32 Å². The molecule has 0 radical (unpaired) electrons. The molecule has 0 aliphatic rings. The van der Waals surface area contributed by atoms with E-state index in [0.717, 1.165) is 13.0 Å². The van der Waals surface area contributed by atoms with Crippen molar-refractivity contribution in [3.63, 3.8) is 0 Å². The largest absolute Gasteiger partial charge is 0.356 e. The summed E-state index contributed by atoms with van der Waals surface area (Å²) < 4.78 is 0. The highest BCUT2D eigenvalue weighted by molar-refractivity contribution is 5.79. The molecule has 0 heterocycles. The molecular weight excluding hydrogens is 174 g/mol. The van der Waals surface area contributed by atoms with Gasteiger partial charge in [0.15, 0.2) is 0 Å². The van der Waals surface area contributed by atoms with Gasteiger partial charge in [0.25, 0.3) is 0 Å². The third-order valence-corrected chi connectivity index (χ3v) is 2.78. The lowest BCUT2D eigenvalue weighted by Crippen LogP contribution is -2.41. The Labute approximate surface area is 88.5 Å². The molecule has 0 rings (SSSR count). The molecule has 1 amide bonds. The summed E-state index contributed by atoms with van der Waals surface area (Å²) in [6.07, 6.45) is 1.05. The van der Waals surface area contributed by atoms with Crippen LogP contribution < -0.4 is 5.32 Å². The smallest absolute Gasteiger partial charge is 0.223 e. The summed E-state index contributed by atoms with van der Waals surface area (Å²) in [6, 6.07) is 0. The number of carbonyl (C=O) groups excluding carboxylic acids is 1. The molecule has 0 bridgehead atoms. The molecule has 0 saturated heterocycles. The second-order valence-corrected chi connectivity index (χ2v) is 5.12. The van der Waals surface area contributed by atoms with Crippen molar-refractivity contribution in [2.45, 2.75) is 48.0 Å². The van der Waals surface area contributed by atoms with E-state index in [0.29, 0.717) is 5.92 Å². The van der Waals surface area contributed by atoms with Crippen LogP contribution in [0.4, 0.5) is 0 Å². The lowest BCUT2D eigenvalue weighted by atomic mass is 9.72. The number of amides is 1. The average Bonchev–Trinajstić information content (AvgIpc) is 2.02. The molecule has 0 saturated carbocycles. The van der Waals surface area contributed by atoms with Gasteiger partial charge in [0.1, 0.15) is 0 Å². The molecule has 2 nitrogen and oxygen atoms in total. The third-order valence-electron chi connectivity index (χ3n) is 2.78. The molecule has 14 heavy (non-hydrogen) atoms. The minimum atomic E-state index is 0.0503. The predicted molar refractivity (Wildman–Crippen MR) is 61.1 cm³/mol. The Morgan fingerprint density at radius 3 is 2.07 bits per heavy atom. The number of hydrogen-bond acceptors (Lipinski definition) is 1. The third kappa shape index (κ3) is 3.69. The molecule has 0 aromatic heterocycles. The van der Waals surface area contributed by atoms with Gasteiger partial charge in [-0.1, -0.05) is 41.0 Å². The summed E-state index contributed by atoms with van der Waals surface area (Å²) in [5.74, 6) is 0.767. The maximum atomic E-state index is 11.9. The molecule has 2 atom stereocenters. The maximum Gasteiger partial charge on any atom is 0.223 e. The van der Waals surface area contributed by atoms with Gasteiger partial charge in [-0.15, -0.1) is 0 Å². The standard InChI is InChI=1S/C12H25NO/c1-7-9(3)10(12(4,5)6)11(14)13-8-2/h9-10H,7-8H2,1-6H3,(H,13,14)/t9?,10-/m0/s1. The van der Waals surface area contributed by atoms with Crippen molar-refractivity contribution in [3.05, 3.63) is 0 Å². The van der Waals surface area contributed by atoms with Crippen molar-refractivity contribution in [1.29, 1.82) is 0 Å². The van der Waals surface area contributed by atoms with Crippen LogP contribution in [0, 0.1) is 17.3 Å². The predicted octanol–water partition coefficient (Wildman–Crippen LogP) is 2.83. The molecular formula is C12H25NO. The van der Waals surface area contributed by atoms with Crippen LogP contribution in [0.3, 0.4) is 0 Å². The normalized spacial score (nSPS) is 16.1. The van der Waals surface area contributed by atoms with Gasteiger partial charge in [-0.25, -0.2) is 0 Å². The Morgan fingerprint density at radius 1 is 1.29 bits per heavy atom. The van der Waals surface area contributed by atoms with E-state index < -0.39 is 0 Å². The van der Waals surface area contributed by atoms with E-state index in [2.05, 4.69) is 39.9 Å². The molecule has 0 aromatic carbocycles. The highest BCUT2D eigenvalue weighted by Gasteiger charge is 2.34. The lowest BCUT2D eigenvalue weighted by Gasteiger charge is -2.33. The van der Waals surface area contributed by atoms with Crippen LogP contribution in [-0.4, -0.2) is 12.5 Å². The topological polar surface area (TPSA) is 29.1 Å². The van der Waals surface area contributed by atoms with Crippen molar-refractivity contribution >= 4 is 5.91 Å². The first-order valence-electron chi connectivity index (χ1n) is 5.62. The van der Waals surface area contributed by atoms with Crippen molar-refractivity contribution in [2.24, 2.45) is 17.3 Å². The van der Waals surface area contributed by atoms with Gasteiger partial charge in [0.2, 0.25) is 5.91 Å². The fourth-order valence-corrected chi connectivity index (χ4v) is 2.03. The van der Waals surface area contributed by atoms with Crippen LogP contribution in [0.2, 0.25) is 0 Å². The van der Waals surface area contributed by atoms with Gasteiger partial charge in [-0.05, 0) is 18.3 Å². The number of hydrogen-bond donors (Lipinski definition) is 1. The Kier molecular flexibility index (Phi) is 5.17. The van der Waals surface area contributed by atoms with Crippen molar-refractivity contribution in [1.82, 2.24) is 5.32 Å². The van der Waals surface area contributed by atoms with Gasteiger partial charge in [-0.3, -0.25) is 4.79 Å². The quantitative estimate of drug-likeness (QED) is 0.741. The first-order valence-corrected chi connectivity index (χ1v) is 5.62. The van der Waals surface area contributed by atoms with Crippen LogP contribution in [0.1, 0.15) is 48.0 Å². The minimum Gasteiger partial charge on any atom is -0.356 e. The number of carbonyl (C=O) groups is 1. The van der Waals surface area contributed by atoms with E-state index in [9.17, 15) is 4.79 Å². The zero-order chi connectivity index (χ0) is 11.4. The minimum absolute atomic E-state index is 0.0503. The Bertz CT molecular complexity index is 181. The molecule has 0 aliphatic carbocycles. The zero-order valence-corrected chi connectivity index (χ0v) is 10.5. The Morgan fingerprint density at radius 2 is 1.79 bits per heavy atom. The van der Waals surface area contributed by atoms with E-state index in [1.807, 2.05) is 6.92 Å². The Hall–Kier alpha value is -0.530. The molecule has 0 aromatic rings. The second-order valence-electron chi connectivity index (χ2n) is 5.12. The molecule has 84 valence electrons. The summed E-state index contributed by atoms with van der Waals surface area (Å²) in [5.41, 5.74) is 0.0503. The van der Waals surface area contributed by atoms with Crippen LogP contribution in [-0.2, 0) is 4.79 Å². The van der Waals surface area contributed by atoms with E-state index in [-0.39, 0.29) is 17.2 Å². The summed E-state index contributed by atoms with van der Waals surface area (Å²) in [4.78, 5) is 11.9. The van der Waals surface area contributed by atoms with Gasteiger partial charge in [0.05, 0.1) is 0 Å². The van der Waals surface area contributed by atoms with Crippen LogP contribution in [0.5, 0.6) is 0 Å². The van der Waals surface area contributed by atoms with E-state index in [4.69, 9.17) is 0 Å². The number of nitrogens with one attached hydrogen (secondary N) is 1. The highest BCUT2D eigenvalue weighted by Crippen LogP contribution is 2.33. The summed E-state index contributed by atoms with van der Waals surface area (Å²) >= 11 is 0. The van der Waals surface area contributed by atoms with Crippen molar-refractivity contribution < 1.29 is 4.79 Å². The van der Waals surface area contributed by atoms with Crippen LogP contribution in [0.25, 0.3) is 0 Å². The molecule has 0 fully saturated rings. The molecule has 1 unspecified atom stereocenters. The molecule has 1 N–H and O–H groups in total. The lowest BCUT2D eigenvalue weighted by molar-refractivity contribution is -0.130. The van der Waals surface area contributed by atoms with Gasteiger partial charge in [-0.2, -0.15) is 0 Å². The van der Waals surface area contributed by atoms with E-state index >= 15 is 0 Å². The first kappa shape index (κ1) is 13.5. The Balaban J connectivity index is 4.64. The van der Waals surface area contributed by atoms with Crippen LogP contribution >= 0.6 is 0 Å². The fraction of sp³-hybridized carbons (Fsp3) is 0.917. The maximum absolute atomic E-state index is 11.9. The number of rotatable bonds is 4. The molecule has 0 spiro atoms. The monoisotopic (exact) mass is 199 g/mol. The average molecular weight is 199 g/mol. The second kappa shape index (κ2) is 5.38. The van der Waals surface area contributed by atoms with Gasteiger partial charge in [0, 0.05) is 12.5 Å². The fourth-order valence-electron chi connectivity index (χ4n) is 2.03. The SMILES string of the molecule is CCNC(=O)[C@H](C(C)CC)C(C)(C)C. The summed E-state index contributed by atoms with van der Waals surface area (Å²) in [5, 5.41) is 2.93. The van der Waals surface area contributed by atoms with E-state index in [1.54, 1.807) is 0 Å². The first-order chi connectivity index (χ1) is 6.34. The van der Waals surface area contributed by atoms with Crippen LogP contribution in [0.15, 0.2) is 0 Å². The van der Waals surface area contributed by atoms with E-state index in [1.165, 1.54) is 0 Å². The van der Waals surface area contributed by atoms with Gasteiger partial charge >= 0.3 is 0 Å². The summed E-state index contributed by atoms with van der Waals surface area (Å²) in [7, 11) is 0.